The van der Waals surface area contributed by atoms with Gasteiger partial charge in [0.15, 0.2) is 0 Å². The molecular formula is C19H17N5. The average molecular weight is 315 g/mol. The third-order valence-electron chi connectivity index (χ3n) is 3.39. The monoisotopic (exact) mass is 315 g/mol. The van der Waals surface area contributed by atoms with Crippen molar-refractivity contribution >= 4 is 17.5 Å². The van der Waals surface area contributed by atoms with E-state index in [1.54, 1.807) is 12.1 Å². The van der Waals surface area contributed by atoms with Crippen molar-refractivity contribution in [2.45, 2.75) is 6.92 Å². The lowest BCUT2D eigenvalue weighted by Crippen LogP contribution is -2.05. The Labute approximate surface area is 141 Å². The number of rotatable bonds is 5. The largest absolute Gasteiger partial charge is 0.354 e. The van der Waals surface area contributed by atoms with Crippen molar-refractivity contribution in [1.82, 2.24) is 9.97 Å². The highest BCUT2D eigenvalue weighted by Crippen LogP contribution is 2.23. The number of hydrogen-bond acceptors (Lipinski definition) is 5. The molecule has 0 unspecified atom stereocenters. The third kappa shape index (κ3) is 3.68. The molecule has 0 aliphatic heterocycles. The molecule has 0 radical (unpaired) electrons. The maximum absolute atomic E-state index is 9.02. The van der Waals surface area contributed by atoms with E-state index in [-0.39, 0.29) is 0 Å². The molecular weight excluding hydrogens is 298 g/mol. The van der Waals surface area contributed by atoms with Crippen LogP contribution in [0.1, 0.15) is 12.5 Å². The van der Waals surface area contributed by atoms with Gasteiger partial charge in [0.25, 0.3) is 0 Å². The van der Waals surface area contributed by atoms with Crippen LogP contribution >= 0.6 is 0 Å². The molecule has 24 heavy (non-hydrogen) atoms. The van der Waals surface area contributed by atoms with Crippen LogP contribution in [0.3, 0.4) is 0 Å². The molecule has 0 aliphatic rings. The van der Waals surface area contributed by atoms with E-state index in [2.05, 4.69) is 26.7 Å². The van der Waals surface area contributed by atoms with Crippen molar-refractivity contribution in [2.75, 3.05) is 17.2 Å². The van der Waals surface area contributed by atoms with Gasteiger partial charge in [0, 0.05) is 23.9 Å². The normalized spacial score (nSPS) is 10.0. The summed E-state index contributed by atoms with van der Waals surface area (Å²) in [5, 5.41) is 15.4. The van der Waals surface area contributed by atoms with Gasteiger partial charge in [-0.2, -0.15) is 10.2 Å². The first-order valence-corrected chi connectivity index (χ1v) is 7.74. The van der Waals surface area contributed by atoms with Gasteiger partial charge in [0.2, 0.25) is 5.95 Å². The van der Waals surface area contributed by atoms with E-state index in [1.165, 1.54) is 0 Å². The summed E-state index contributed by atoms with van der Waals surface area (Å²) in [6, 6.07) is 21.3. The first-order valence-electron chi connectivity index (χ1n) is 7.74. The standard InChI is InChI=1S/C19H17N5/c1-2-21-19-23-17(15-8-4-3-5-9-15)12-18(24-19)22-16-10-6-7-14(11-16)13-20/h3-12H,2H2,1H3,(H2,21,22,23,24). The zero-order valence-corrected chi connectivity index (χ0v) is 13.3. The highest BCUT2D eigenvalue weighted by molar-refractivity contribution is 5.67. The molecule has 0 spiro atoms. The summed E-state index contributed by atoms with van der Waals surface area (Å²) < 4.78 is 0. The van der Waals surface area contributed by atoms with Gasteiger partial charge >= 0.3 is 0 Å². The number of anilines is 3. The molecule has 0 bridgehead atoms. The molecule has 3 rings (SSSR count). The molecule has 0 amide bonds. The minimum atomic E-state index is 0.567. The maximum atomic E-state index is 9.02. The summed E-state index contributed by atoms with van der Waals surface area (Å²) in [4.78, 5) is 9.04. The highest BCUT2D eigenvalue weighted by Gasteiger charge is 2.07. The molecule has 0 fully saturated rings. The Morgan fingerprint density at radius 1 is 1.00 bits per heavy atom. The second kappa shape index (κ2) is 7.25. The van der Waals surface area contributed by atoms with Gasteiger partial charge in [-0.15, -0.1) is 0 Å². The first-order chi connectivity index (χ1) is 11.8. The summed E-state index contributed by atoms with van der Waals surface area (Å²) in [7, 11) is 0. The fourth-order valence-corrected chi connectivity index (χ4v) is 2.32. The Kier molecular flexibility index (Phi) is 4.68. The first kappa shape index (κ1) is 15.5. The van der Waals surface area contributed by atoms with Crippen LogP contribution in [-0.2, 0) is 0 Å². The van der Waals surface area contributed by atoms with Crippen molar-refractivity contribution in [3.8, 4) is 17.3 Å². The maximum Gasteiger partial charge on any atom is 0.225 e. The number of aromatic nitrogens is 2. The van der Waals surface area contributed by atoms with Crippen LogP contribution in [0.4, 0.5) is 17.5 Å². The third-order valence-corrected chi connectivity index (χ3v) is 3.39. The molecule has 0 saturated heterocycles. The topological polar surface area (TPSA) is 73.6 Å². The molecule has 5 nitrogen and oxygen atoms in total. The zero-order chi connectivity index (χ0) is 16.8. The van der Waals surface area contributed by atoms with Crippen LogP contribution in [0, 0.1) is 11.3 Å². The van der Waals surface area contributed by atoms with Gasteiger partial charge in [0.05, 0.1) is 17.3 Å². The van der Waals surface area contributed by atoms with Crippen molar-refractivity contribution in [3.05, 3.63) is 66.2 Å². The summed E-state index contributed by atoms with van der Waals surface area (Å²) in [5.74, 6) is 1.24. The van der Waals surface area contributed by atoms with Crippen molar-refractivity contribution in [2.24, 2.45) is 0 Å². The predicted molar refractivity (Wildman–Crippen MR) is 96.1 cm³/mol. The molecule has 0 atom stereocenters. The van der Waals surface area contributed by atoms with Crippen molar-refractivity contribution in [1.29, 1.82) is 5.26 Å². The smallest absolute Gasteiger partial charge is 0.225 e. The van der Waals surface area contributed by atoms with E-state index in [4.69, 9.17) is 5.26 Å². The molecule has 0 aliphatic carbocycles. The van der Waals surface area contributed by atoms with E-state index in [9.17, 15) is 0 Å². The minimum absolute atomic E-state index is 0.567. The SMILES string of the molecule is CCNc1nc(Nc2cccc(C#N)c2)cc(-c2ccccc2)n1. The second-order valence-electron chi connectivity index (χ2n) is 5.18. The molecule has 0 saturated carbocycles. The Balaban J connectivity index is 1.97. The Morgan fingerprint density at radius 3 is 2.58 bits per heavy atom. The van der Waals surface area contributed by atoms with E-state index in [0.29, 0.717) is 17.3 Å². The average Bonchev–Trinajstić information content (AvgIpc) is 2.63. The van der Waals surface area contributed by atoms with Gasteiger partial charge in [-0.3, -0.25) is 0 Å². The molecule has 2 N–H and O–H groups in total. The van der Waals surface area contributed by atoms with Crippen molar-refractivity contribution < 1.29 is 0 Å². The number of nitriles is 1. The fourth-order valence-electron chi connectivity index (χ4n) is 2.32. The van der Waals surface area contributed by atoms with Crippen LogP contribution in [-0.4, -0.2) is 16.5 Å². The van der Waals surface area contributed by atoms with Gasteiger partial charge in [-0.05, 0) is 25.1 Å². The number of hydrogen-bond donors (Lipinski definition) is 2. The van der Waals surface area contributed by atoms with E-state index in [0.717, 1.165) is 23.5 Å². The van der Waals surface area contributed by atoms with E-state index < -0.39 is 0 Å². The van der Waals surface area contributed by atoms with Gasteiger partial charge in [0.1, 0.15) is 5.82 Å². The Bertz CT molecular complexity index is 868. The van der Waals surface area contributed by atoms with Crippen LogP contribution in [0.25, 0.3) is 11.3 Å². The molecule has 3 aromatic rings. The lowest BCUT2D eigenvalue weighted by atomic mass is 10.1. The predicted octanol–water partition coefficient (Wildman–Crippen LogP) is 4.19. The quantitative estimate of drug-likeness (QED) is 0.738. The van der Waals surface area contributed by atoms with Crippen LogP contribution in [0.15, 0.2) is 60.7 Å². The lowest BCUT2D eigenvalue weighted by Gasteiger charge is -2.11. The minimum Gasteiger partial charge on any atom is -0.354 e. The molecule has 118 valence electrons. The lowest BCUT2D eigenvalue weighted by molar-refractivity contribution is 1.09. The Morgan fingerprint density at radius 2 is 1.83 bits per heavy atom. The van der Waals surface area contributed by atoms with Gasteiger partial charge in [-0.25, -0.2) is 4.98 Å². The summed E-state index contributed by atoms with van der Waals surface area (Å²) in [5.41, 5.74) is 3.27. The summed E-state index contributed by atoms with van der Waals surface area (Å²) in [6.45, 7) is 2.74. The molecule has 5 heteroatoms. The van der Waals surface area contributed by atoms with Crippen LogP contribution < -0.4 is 10.6 Å². The summed E-state index contributed by atoms with van der Waals surface area (Å²) in [6.07, 6.45) is 0. The highest BCUT2D eigenvalue weighted by atomic mass is 15.1. The number of nitrogens with zero attached hydrogens (tertiary/aromatic N) is 3. The second-order valence-corrected chi connectivity index (χ2v) is 5.18. The van der Waals surface area contributed by atoms with Crippen LogP contribution in [0.2, 0.25) is 0 Å². The van der Waals surface area contributed by atoms with Crippen LogP contribution in [0.5, 0.6) is 0 Å². The number of nitrogens with one attached hydrogen (secondary N) is 2. The summed E-state index contributed by atoms with van der Waals surface area (Å²) >= 11 is 0. The van der Waals surface area contributed by atoms with Gasteiger partial charge < -0.3 is 10.6 Å². The molecule has 1 heterocycles. The van der Waals surface area contributed by atoms with Gasteiger partial charge in [-0.1, -0.05) is 36.4 Å². The molecule has 2 aromatic carbocycles. The molecule has 1 aromatic heterocycles. The zero-order valence-electron chi connectivity index (χ0n) is 13.3. The number of benzene rings is 2. The Hall–Kier alpha value is -3.39. The fraction of sp³-hybridized carbons (Fsp3) is 0.105. The van der Waals surface area contributed by atoms with E-state index in [1.807, 2.05) is 55.5 Å². The van der Waals surface area contributed by atoms with E-state index >= 15 is 0 Å². The van der Waals surface area contributed by atoms with Crippen molar-refractivity contribution in [3.63, 3.8) is 0 Å².